The molecule has 0 aliphatic carbocycles. The zero-order chi connectivity index (χ0) is 11.1. The van der Waals surface area contributed by atoms with E-state index in [-0.39, 0.29) is 0 Å². The highest BCUT2D eigenvalue weighted by molar-refractivity contribution is 7.11. The molecule has 4 heteroatoms. The average Bonchev–Trinajstić information content (AvgIpc) is 2.72. The van der Waals surface area contributed by atoms with Gasteiger partial charge in [-0.15, -0.1) is 11.3 Å². The second kappa shape index (κ2) is 6.93. The first-order chi connectivity index (χ1) is 7.30. The topological polar surface area (TPSA) is 50.9 Å². The van der Waals surface area contributed by atoms with E-state index >= 15 is 0 Å². The molecule has 3 N–H and O–H groups in total. The number of thiazole rings is 1. The van der Waals surface area contributed by atoms with Gasteiger partial charge in [-0.05, 0) is 25.4 Å². The zero-order valence-corrected chi connectivity index (χ0v) is 10.4. The number of rotatable bonds is 7. The van der Waals surface area contributed by atoms with Crippen LogP contribution < -0.4 is 11.1 Å². The van der Waals surface area contributed by atoms with Crippen molar-refractivity contribution in [2.24, 2.45) is 11.7 Å². The van der Waals surface area contributed by atoms with Gasteiger partial charge in [0.05, 0.1) is 0 Å². The molecule has 1 aromatic heterocycles. The molecule has 0 spiro atoms. The molecule has 0 saturated heterocycles. The highest BCUT2D eigenvalue weighted by Gasteiger charge is 2.04. The molecule has 0 aliphatic rings. The Hall–Kier alpha value is -0.450. The smallest absolute Gasteiger partial charge is 0.107 e. The molecule has 0 amide bonds. The molecule has 3 nitrogen and oxygen atoms in total. The molecular formula is C11H21N3S. The molecule has 0 bridgehead atoms. The van der Waals surface area contributed by atoms with Crippen molar-refractivity contribution in [3.63, 3.8) is 0 Å². The summed E-state index contributed by atoms with van der Waals surface area (Å²) in [4.78, 5) is 5.72. The van der Waals surface area contributed by atoms with E-state index < -0.39 is 0 Å². The molecule has 1 atom stereocenters. The normalized spacial score (nSPS) is 13.0. The Labute approximate surface area is 96.1 Å². The predicted molar refractivity (Wildman–Crippen MR) is 66.0 cm³/mol. The standard InChI is InChI=1S/C11H21N3S/c1-3-9(5-12)6-13-8-11-14-7-10(4-2)15-11/h7,9,13H,3-6,8,12H2,1-2H3. The van der Waals surface area contributed by atoms with Crippen LogP contribution in [-0.2, 0) is 13.0 Å². The summed E-state index contributed by atoms with van der Waals surface area (Å²) in [6.45, 7) is 6.97. The SMILES string of the molecule is CCc1cnc(CNCC(CC)CN)s1. The van der Waals surface area contributed by atoms with E-state index in [0.29, 0.717) is 5.92 Å². The molecule has 0 saturated carbocycles. The van der Waals surface area contributed by atoms with E-state index in [9.17, 15) is 0 Å². The van der Waals surface area contributed by atoms with Crippen molar-refractivity contribution >= 4 is 11.3 Å². The van der Waals surface area contributed by atoms with Crippen LogP contribution in [0, 0.1) is 5.92 Å². The monoisotopic (exact) mass is 227 g/mol. The highest BCUT2D eigenvalue weighted by atomic mass is 32.1. The van der Waals surface area contributed by atoms with E-state index in [1.165, 1.54) is 9.88 Å². The minimum atomic E-state index is 0.593. The first-order valence-electron chi connectivity index (χ1n) is 5.64. The maximum Gasteiger partial charge on any atom is 0.107 e. The lowest BCUT2D eigenvalue weighted by molar-refractivity contribution is 0.471. The van der Waals surface area contributed by atoms with Crippen molar-refractivity contribution in [1.29, 1.82) is 0 Å². The number of hydrogen-bond donors (Lipinski definition) is 2. The molecule has 0 aromatic carbocycles. The summed E-state index contributed by atoms with van der Waals surface area (Å²) in [6.07, 6.45) is 4.20. The Morgan fingerprint density at radius 3 is 2.87 bits per heavy atom. The van der Waals surface area contributed by atoms with Crippen molar-refractivity contribution < 1.29 is 0 Å². The van der Waals surface area contributed by atoms with Crippen LogP contribution in [0.25, 0.3) is 0 Å². The van der Waals surface area contributed by atoms with Crippen LogP contribution in [0.5, 0.6) is 0 Å². The molecule has 0 fully saturated rings. The quantitative estimate of drug-likeness (QED) is 0.746. The maximum atomic E-state index is 5.64. The lowest BCUT2D eigenvalue weighted by Crippen LogP contribution is -2.27. The van der Waals surface area contributed by atoms with Gasteiger partial charge < -0.3 is 11.1 Å². The minimum absolute atomic E-state index is 0.593. The molecule has 1 unspecified atom stereocenters. The Morgan fingerprint density at radius 2 is 2.33 bits per heavy atom. The van der Waals surface area contributed by atoms with Crippen LogP contribution in [-0.4, -0.2) is 18.1 Å². The van der Waals surface area contributed by atoms with Gasteiger partial charge in [-0.25, -0.2) is 4.98 Å². The van der Waals surface area contributed by atoms with Crippen LogP contribution >= 0.6 is 11.3 Å². The van der Waals surface area contributed by atoms with Crippen LogP contribution in [0.4, 0.5) is 0 Å². The van der Waals surface area contributed by atoms with Crippen molar-refractivity contribution in [3.05, 3.63) is 16.1 Å². The Balaban J connectivity index is 2.25. The number of nitrogens with one attached hydrogen (secondary N) is 1. The molecule has 15 heavy (non-hydrogen) atoms. The van der Waals surface area contributed by atoms with Crippen LogP contribution in [0.15, 0.2) is 6.20 Å². The van der Waals surface area contributed by atoms with Crippen LogP contribution in [0.1, 0.15) is 30.2 Å². The third-order valence-electron chi connectivity index (χ3n) is 2.57. The van der Waals surface area contributed by atoms with Gasteiger partial charge in [-0.1, -0.05) is 20.3 Å². The van der Waals surface area contributed by atoms with Gasteiger partial charge in [0.15, 0.2) is 0 Å². The first-order valence-corrected chi connectivity index (χ1v) is 6.46. The van der Waals surface area contributed by atoms with Gasteiger partial charge in [0, 0.05) is 17.6 Å². The predicted octanol–water partition coefficient (Wildman–Crippen LogP) is 1.78. The molecular weight excluding hydrogens is 206 g/mol. The van der Waals surface area contributed by atoms with E-state index in [4.69, 9.17) is 5.73 Å². The lowest BCUT2D eigenvalue weighted by Gasteiger charge is -2.11. The number of nitrogens with zero attached hydrogens (tertiary/aromatic N) is 1. The van der Waals surface area contributed by atoms with Gasteiger partial charge >= 0.3 is 0 Å². The van der Waals surface area contributed by atoms with E-state index in [1.54, 1.807) is 11.3 Å². The summed E-state index contributed by atoms with van der Waals surface area (Å²) in [7, 11) is 0. The summed E-state index contributed by atoms with van der Waals surface area (Å²) in [6, 6.07) is 0. The Kier molecular flexibility index (Phi) is 5.83. The molecule has 1 aromatic rings. The van der Waals surface area contributed by atoms with Gasteiger partial charge in [0.2, 0.25) is 0 Å². The molecule has 0 radical (unpaired) electrons. The van der Waals surface area contributed by atoms with Gasteiger partial charge in [0.25, 0.3) is 0 Å². The van der Waals surface area contributed by atoms with E-state index in [2.05, 4.69) is 24.1 Å². The summed E-state index contributed by atoms with van der Waals surface area (Å²) in [5.74, 6) is 0.593. The lowest BCUT2D eigenvalue weighted by atomic mass is 10.1. The summed E-state index contributed by atoms with van der Waals surface area (Å²) in [5.41, 5.74) is 5.64. The third-order valence-corrected chi connectivity index (χ3v) is 3.71. The average molecular weight is 227 g/mol. The fourth-order valence-corrected chi connectivity index (χ4v) is 2.20. The van der Waals surface area contributed by atoms with Crippen molar-refractivity contribution in [2.45, 2.75) is 33.2 Å². The fraction of sp³-hybridized carbons (Fsp3) is 0.727. The Bertz CT molecular complexity index is 269. The summed E-state index contributed by atoms with van der Waals surface area (Å²) >= 11 is 1.79. The molecule has 1 heterocycles. The van der Waals surface area contributed by atoms with E-state index in [0.717, 1.165) is 32.5 Å². The van der Waals surface area contributed by atoms with Crippen LogP contribution in [0.3, 0.4) is 0 Å². The second-order valence-electron chi connectivity index (χ2n) is 3.71. The van der Waals surface area contributed by atoms with Crippen molar-refractivity contribution in [1.82, 2.24) is 10.3 Å². The Morgan fingerprint density at radius 1 is 1.53 bits per heavy atom. The highest BCUT2D eigenvalue weighted by Crippen LogP contribution is 2.12. The zero-order valence-electron chi connectivity index (χ0n) is 9.62. The first kappa shape index (κ1) is 12.6. The molecule has 0 aliphatic heterocycles. The number of aryl methyl sites for hydroxylation is 1. The largest absolute Gasteiger partial charge is 0.330 e. The number of nitrogens with two attached hydrogens (primary N) is 1. The van der Waals surface area contributed by atoms with Crippen LogP contribution in [0.2, 0.25) is 0 Å². The summed E-state index contributed by atoms with van der Waals surface area (Å²) < 4.78 is 0. The van der Waals surface area contributed by atoms with Gasteiger partial charge in [-0.3, -0.25) is 0 Å². The van der Waals surface area contributed by atoms with Crippen molar-refractivity contribution in [3.8, 4) is 0 Å². The van der Waals surface area contributed by atoms with Crippen molar-refractivity contribution in [2.75, 3.05) is 13.1 Å². The second-order valence-corrected chi connectivity index (χ2v) is 4.91. The third kappa shape index (κ3) is 4.28. The summed E-state index contributed by atoms with van der Waals surface area (Å²) in [5, 5.41) is 4.59. The fourth-order valence-electron chi connectivity index (χ4n) is 1.37. The minimum Gasteiger partial charge on any atom is -0.330 e. The van der Waals surface area contributed by atoms with E-state index in [1.807, 2.05) is 6.20 Å². The number of aromatic nitrogens is 1. The van der Waals surface area contributed by atoms with Gasteiger partial charge in [-0.2, -0.15) is 0 Å². The molecule has 86 valence electrons. The molecule has 1 rings (SSSR count). The number of hydrogen-bond acceptors (Lipinski definition) is 4. The van der Waals surface area contributed by atoms with Gasteiger partial charge in [0.1, 0.15) is 5.01 Å². The maximum absolute atomic E-state index is 5.64.